The molecule has 0 aliphatic rings. The largest absolute Gasteiger partial charge is 0.455 e. The first-order chi connectivity index (χ1) is 12.6. The lowest BCUT2D eigenvalue weighted by atomic mass is 10.1. The zero-order valence-corrected chi connectivity index (χ0v) is 14.6. The van der Waals surface area contributed by atoms with E-state index in [0.29, 0.717) is 5.56 Å². The molecule has 0 unspecified atom stereocenters. The van der Waals surface area contributed by atoms with Crippen LogP contribution in [0.15, 0.2) is 79.1 Å². The Balaban J connectivity index is 1.55. The lowest BCUT2D eigenvalue weighted by Crippen LogP contribution is -2.33. The summed E-state index contributed by atoms with van der Waals surface area (Å²) in [4.78, 5) is 23.8. The monoisotopic (exact) mass is 346 g/mol. The van der Waals surface area contributed by atoms with E-state index in [1.54, 1.807) is 30.3 Å². The topological polar surface area (TPSA) is 47.2 Å². The molecular weight excluding hydrogens is 326 g/mol. The number of hydrogen-bond acceptors (Lipinski definition) is 3. The molecule has 0 saturated carbocycles. The van der Waals surface area contributed by atoms with Crippen LogP contribution in [-0.4, -0.2) is 11.8 Å². The molecule has 2 aromatic carbocycles. The van der Waals surface area contributed by atoms with E-state index in [4.69, 9.17) is 4.74 Å². The molecule has 0 N–H and O–H groups in total. The highest BCUT2D eigenvalue weighted by molar-refractivity contribution is 6.40. The van der Waals surface area contributed by atoms with Crippen molar-refractivity contribution in [2.45, 2.75) is 20.1 Å². The average Bonchev–Trinajstić information content (AvgIpc) is 2.69. The van der Waals surface area contributed by atoms with Crippen LogP contribution >= 0.6 is 0 Å². The highest BCUT2D eigenvalue weighted by Gasteiger charge is 2.17. The van der Waals surface area contributed by atoms with E-state index < -0.39 is 11.8 Å². The number of aryl methyl sites for hydroxylation is 1. The van der Waals surface area contributed by atoms with E-state index in [2.05, 4.69) is 31.2 Å². The smallest absolute Gasteiger partial charge is 0.380 e. The van der Waals surface area contributed by atoms with Crippen molar-refractivity contribution in [1.82, 2.24) is 0 Å². The number of aromatic nitrogens is 1. The van der Waals surface area contributed by atoms with Crippen LogP contribution in [0.3, 0.4) is 0 Å². The third kappa shape index (κ3) is 4.63. The van der Waals surface area contributed by atoms with Crippen molar-refractivity contribution in [2.75, 3.05) is 0 Å². The molecule has 3 rings (SSSR count). The van der Waals surface area contributed by atoms with Gasteiger partial charge in [0.2, 0.25) is 0 Å². The summed E-state index contributed by atoms with van der Waals surface area (Å²) in [6.07, 6.45) is 3.87. The third-order valence-corrected chi connectivity index (χ3v) is 4.04. The molecular formula is C22H20NO3+. The average molecular weight is 346 g/mol. The Bertz CT molecular complexity index is 885. The summed E-state index contributed by atoms with van der Waals surface area (Å²) in [5.74, 6) is -1.47. The van der Waals surface area contributed by atoms with Gasteiger partial charge in [0.25, 0.3) is 5.78 Å². The minimum absolute atomic E-state index is 0.0722. The number of carbonyl (C=O) groups excluding carboxylic acids is 2. The van der Waals surface area contributed by atoms with E-state index in [9.17, 15) is 9.59 Å². The fourth-order valence-corrected chi connectivity index (χ4v) is 2.52. The first-order valence-electron chi connectivity index (χ1n) is 8.42. The van der Waals surface area contributed by atoms with E-state index in [1.165, 1.54) is 11.1 Å². The van der Waals surface area contributed by atoms with Crippen molar-refractivity contribution in [1.29, 1.82) is 0 Å². The van der Waals surface area contributed by atoms with Gasteiger partial charge in [-0.3, -0.25) is 4.79 Å². The lowest BCUT2D eigenvalue weighted by Gasteiger charge is -2.04. The number of ketones is 1. The standard InChI is InChI=1S/C22H20NO3/c1-17-7-9-18(10-8-17)15-23-13-11-19(12-14-23)16-26-22(25)21(24)20-5-3-2-4-6-20/h2-14H,15-16H2,1H3/q+1. The zero-order chi connectivity index (χ0) is 18.4. The fraction of sp³-hybridized carbons (Fsp3) is 0.136. The van der Waals surface area contributed by atoms with Gasteiger partial charge in [-0.25, -0.2) is 9.36 Å². The summed E-state index contributed by atoms with van der Waals surface area (Å²) < 4.78 is 7.16. The molecule has 0 bridgehead atoms. The van der Waals surface area contributed by atoms with Gasteiger partial charge in [0, 0.05) is 28.8 Å². The minimum atomic E-state index is -0.840. The van der Waals surface area contributed by atoms with E-state index in [0.717, 1.165) is 12.1 Å². The minimum Gasteiger partial charge on any atom is -0.455 e. The van der Waals surface area contributed by atoms with Gasteiger partial charge in [0.1, 0.15) is 6.61 Å². The number of hydrogen-bond donors (Lipinski definition) is 0. The molecule has 0 aliphatic heterocycles. The molecule has 26 heavy (non-hydrogen) atoms. The van der Waals surface area contributed by atoms with Gasteiger partial charge in [-0.1, -0.05) is 60.2 Å². The van der Waals surface area contributed by atoms with Crippen molar-refractivity contribution in [3.8, 4) is 0 Å². The number of esters is 1. The molecule has 0 spiro atoms. The number of pyridine rings is 1. The first-order valence-corrected chi connectivity index (χ1v) is 8.42. The van der Waals surface area contributed by atoms with Gasteiger partial charge in [-0.2, -0.15) is 0 Å². The molecule has 1 heterocycles. The molecule has 0 atom stereocenters. The number of benzene rings is 2. The molecule has 130 valence electrons. The Labute approximate surface area is 152 Å². The molecule has 0 fully saturated rings. The highest BCUT2D eigenvalue weighted by atomic mass is 16.5. The lowest BCUT2D eigenvalue weighted by molar-refractivity contribution is -0.688. The number of ether oxygens (including phenoxy) is 1. The molecule has 1 aromatic heterocycles. The van der Waals surface area contributed by atoms with Crippen molar-refractivity contribution in [3.05, 3.63) is 101 Å². The predicted molar refractivity (Wildman–Crippen MR) is 97.5 cm³/mol. The van der Waals surface area contributed by atoms with Crippen LogP contribution in [0.5, 0.6) is 0 Å². The van der Waals surface area contributed by atoms with Gasteiger partial charge in [-0.15, -0.1) is 0 Å². The summed E-state index contributed by atoms with van der Waals surface area (Å²) >= 11 is 0. The molecule has 0 saturated heterocycles. The maximum absolute atomic E-state index is 12.0. The van der Waals surface area contributed by atoms with E-state index in [-0.39, 0.29) is 6.61 Å². The van der Waals surface area contributed by atoms with Crippen LogP contribution in [0.4, 0.5) is 0 Å². The Morgan fingerprint density at radius 1 is 0.846 bits per heavy atom. The second-order valence-corrected chi connectivity index (χ2v) is 6.14. The molecule has 0 aliphatic carbocycles. The summed E-state index contributed by atoms with van der Waals surface area (Å²) in [6, 6.07) is 20.6. The highest BCUT2D eigenvalue weighted by Crippen LogP contribution is 2.05. The maximum Gasteiger partial charge on any atom is 0.380 e. The normalized spacial score (nSPS) is 10.3. The van der Waals surface area contributed by atoms with Crippen LogP contribution in [0.25, 0.3) is 0 Å². The number of carbonyl (C=O) groups is 2. The Hall–Kier alpha value is -3.27. The summed E-state index contributed by atoms with van der Waals surface area (Å²) in [5, 5.41) is 0. The molecule has 4 nitrogen and oxygen atoms in total. The third-order valence-electron chi connectivity index (χ3n) is 4.04. The van der Waals surface area contributed by atoms with Crippen LogP contribution in [0, 0.1) is 6.92 Å². The summed E-state index contributed by atoms with van der Waals surface area (Å²) in [6.45, 7) is 2.91. The number of Topliss-reactive ketones (excluding diaryl/α,β-unsaturated/α-hetero) is 1. The molecule has 0 radical (unpaired) electrons. The molecule has 3 aromatic rings. The Morgan fingerprint density at radius 3 is 2.15 bits per heavy atom. The van der Waals surface area contributed by atoms with Gasteiger partial charge < -0.3 is 4.74 Å². The Morgan fingerprint density at radius 2 is 1.50 bits per heavy atom. The SMILES string of the molecule is Cc1ccc(C[n+]2ccc(COC(=O)C(=O)c3ccccc3)cc2)cc1. The van der Waals surface area contributed by atoms with E-state index >= 15 is 0 Å². The van der Waals surface area contributed by atoms with Crippen molar-refractivity contribution >= 4 is 11.8 Å². The van der Waals surface area contributed by atoms with Crippen molar-refractivity contribution in [2.24, 2.45) is 0 Å². The molecule has 0 amide bonds. The van der Waals surface area contributed by atoms with E-state index in [1.807, 2.05) is 29.1 Å². The zero-order valence-electron chi connectivity index (χ0n) is 14.6. The quantitative estimate of drug-likeness (QED) is 0.298. The van der Waals surface area contributed by atoms with Gasteiger partial charge in [0.05, 0.1) is 0 Å². The second-order valence-electron chi connectivity index (χ2n) is 6.14. The van der Waals surface area contributed by atoms with Crippen LogP contribution < -0.4 is 4.57 Å². The number of rotatable bonds is 6. The van der Waals surface area contributed by atoms with Crippen molar-refractivity contribution < 1.29 is 18.9 Å². The first kappa shape index (κ1) is 17.5. The van der Waals surface area contributed by atoms with Crippen LogP contribution in [-0.2, 0) is 22.7 Å². The number of nitrogens with zero attached hydrogens (tertiary/aromatic N) is 1. The van der Waals surface area contributed by atoms with Crippen LogP contribution in [0.2, 0.25) is 0 Å². The van der Waals surface area contributed by atoms with Crippen molar-refractivity contribution in [3.63, 3.8) is 0 Å². The second kappa shape index (κ2) is 8.21. The summed E-state index contributed by atoms with van der Waals surface area (Å²) in [7, 11) is 0. The van der Waals surface area contributed by atoms with Crippen LogP contribution in [0.1, 0.15) is 27.0 Å². The predicted octanol–water partition coefficient (Wildman–Crippen LogP) is 3.26. The maximum atomic E-state index is 12.0. The molecule has 4 heteroatoms. The fourth-order valence-electron chi connectivity index (χ4n) is 2.52. The van der Waals surface area contributed by atoms with Gasteiger partial charge >= 0.3 is 5.97 Å². The summed E-state index contributed by atoms with van der Waals surface area (Å²) in [5.41, 5.74) is 3.62. The Kier molecular flexibility index (Phi) is 5.54. The van der Waals surface area contributed by atoms with Gasteiger partial charge in [-0.05, 0) is 6.92 Å². The van der Waals surface area contributed by atoms with Gasteiger partial charge in [0.15, 0.2) is 18.9 Å².